The van der Waals surface area contributed by atoms with Crippen LogP contribution in [0.5, 0.6) is 0 Å². The fraction of sp³-hybridized carbons (Fsp3) is 0.150. The molecule has 0 unspecified atom stereocenters. The van der Waals surface area contributed by atoms with Gasteiger partial charge >= 0.3 is 6.03 Å². The van der Waals surface area contributed by atoms with Gasteiger partial charge in [-0.15, -0.1) is 0 Å². The van der Waals surface area contributed by atoms with Crippen molar-refractivity contribution in [3.05, 3.63) is 84.2 Å². The van der Waals surface area contributed by atoms with Crippen LogP contribution in [0.3, 0.4) is 0 Å². The Balaban J connectivity index is 1.55. The van der Waals surface area contributed by atoms with E-state index >= 15 is 0 Å². The van der Waals surface area contributed by atoms with Crippen molar-refractivity contribution in [2.75, 3.05) is 12.4 Å². The highest BCUT2D eigenvalue weighted by Crippen LogP contribution is 2.14. The van der Waals surface area contributed by atoms with E-state index < -0.39 is 0 Å². The van der Waals surface area contributed by atoms with Gasteiger partial charge in [-0.2, -0.15) is 0 Å². The van der Waals surface area contributed by atoms with E-state index in [1.165, 1.54) is 0 Å². The molecule has 1 heterocycles. The molecule has 0 saturated heterocycles. The Hall–Kier alpha value is -3.05. The van der Waals surface area contributed by atoms with Gasteiger partial charge in [0.1, 0.15) is 0 Å². The highest BCUT2D eigenvalue weighted by Gasteiger charge is 2.03. The molecule has 2 aromatic carbocycles. The highest BCUT2D eigenvalue weighted by molar-refractivity contribution is 5.89. The fourth-order valence-electron chi connectivity index (χ4n) is 2.53. The number of carbonyl (C=O) groups excluding carboxylic acids is 1. The average molecular weight is 335 g/mol. The van der Waals surface area contributed by atoms with Crippen LogP contribution in [-0.4, -0.2) is 17.7 Å². The lowest BCUT2D eigenvalue weighted by atomic mass is 10.1. The molecular weight excluding hydrogens is 314 g/mol. The zero-order valence-corrected chi connectivity index (χ0v) is 14.1. The molecular formula is C20H21N3O2. The first-order chi connectivity index (χ1) is 12.2. The van der Waals surface area contributed by atoms with Crippen LogP contribution in [0, 0.1) is 0 Å². The molecule has 0 aliphatic carbocycles. The van der Waals surface area contributed by atoms with Crippen molar-refractivity contribution < 1.29 is 9.53 Å². The van der Waals surface area contributed by atoms with Crippen LogP contribution < -0.4 is 10.6 Å². The van der Waals surface area contributed by atoms with Crippen LogP contribution in [0.1, 0.15) is 11.1 Å². The molecule has 3 rings (SSSR count). The summed E-state index contributed by atoms with van der Waals surface area (Å²) in [5, 5.41) is 5.73. The number of methoxy groups -OCH3 is 1. The third kappa shape index (κ3) is 4.71. The lowest BCUT2D eigenvalue weighted by molar-refractivity contribution is 0.185. The number of urea groups is 1. The molecule has 0 aliphatic heterocycles. The summed E-state index contributed by atoms with van der Waals surface area (Å²) in [6.45, 7) is 1.06. The molecule has 0 radical (unpaired) electrons. The molecule has 5 nitrogen and oxygen atoms in total. The second-order valence-electron chi connectivity index (χ2n) is 5.70. The van der Waals surface area contributed by atoms with Gasteiger partial charge in [0, 0.05) is 37.4 Å². The van der Waals surface area contributed by atoms with E-state index in [2.05, 4.69) is 10.6 Å². The Kier molecular flexibility index (Phi) is 5.49. The summed E-state index contributed by atoms with van der Waals surface area (Å²) in [5.74, 6) is 0. The van der Waals surface area contributed by atoms with Crippen molar-refractivity contribution in [1.82, 2.24) is 9.88 Å². The smallest absolute Gasteiger partial charge is 0.319 e. The molecule has 0 bridgehead atoms. The van der Waals surface area contributed by atoms with Gasteiger partial charge in [-0.3, -0.25) is 0 Å². The molecule has 3 aromatic rings. The number of amides is 2. The Morgan fingerprint density at radius 3 is 2.44 bits per heavy atom. The Bertz CT molecular complexity index is 811. The highest BCUT2D eigenvalue weighted by atomic mass is 16.5. The van der Waals surface area contributed by atoms with Crippen molar-refractivity contribution in [1.29, 1.82) is 0 Å². The van der Waals surface area contributed by atoms with Gasteiger partial charge in [-0.1, -0.05) is 30.3 Å². The zero-order chi connectivity index (χ0) is 17.5. The largest absolute Gasteiger partial charge is 0.380 e. The Morgan fingerprint density at radius 1 is 1.00 bits per heavy atom. The summed E-state index contributed by atoms with van der Waals surface area (Å²) in [4.78, 5) is 12.1. The predicted octanol–water partition coefficient (Wildman–Crippen LogP) is 3.95. The molecule has 0 aliphatic rings. The summed E-state index contributed by atoms with van der Waals surface area (Å²) in [5.41, 5.74) is 3.89. The van der Waals surface area contributed by atoms with E-state index in [9.17, 15) is 4.79 Å². The minimum Gasteiger partial charge on any atom is -0.380 e. The minimum atomic E-state index is -0.231. The first kappa shape index (κ1) is 16.8. The summed E-state index contributed by atoms with van der Waals surface area (Å²) < 4.78 is 7.08. The molecule has 0 fully saturated rings. The molecule has 128 valence electrons. The normalized spacial score (nSPS) is 10.4. The van der Waals surface area contributed by atoms with Crippen LogP contribution in [0.4, 0.5) is 10.5 Å². The first-order valence-corrected chi connectivity index (χ1v) is 8.09. The first-order valence-electron chi connectivity index (χ1n) is 8.09. The number of carbonyl (C=O) groups is 1. The summed E-state index contributed by atoms with van der Waals surface area (Å²) >= 11 is 0. The molecule has 2 N–H and O–H groups in total. The minimum absolute atomic E-state index is 0.231. The van der Waals surface area contributed by atoms with Crippen molar-refractivity contribution in [2.24, 2.45) is 0 Å². The molecule has 1 aromatic heterocycles. The number of rotatable bonds is 6. The third-order valence-corrected chi connectivity index (χ3v) is 3.79. The van der Waals surface area contributed by atoms with Crippen molar-refractivity contribution in [3.8, 4) is 5.69 Å². The molecule has 0 spiro atoms. The van der Waals surface area contributed by atoms with Crippen molar-refractivity contribution >= 4 is 11.7 Å². The number of ether oxygens (including phenoxy) is 1. The molecule has 0 saturated carbocycles. The van der Waals surface area contributed by atoms with E-state index in [-0.39, 0.29) is 6.03 Å². The maximum Gasteiger partial charge on any atom is 0.319 e. The molecule has 25 heavy (non-hydrogen) atoms. The van der Waals surface area contributed by atoms with E-state index in [0.717, 1.165) is 22.5 Å². The summed E-state index contributed by atoms with van der Waals surface area (Å²) in [7, 11) is 1.67. The second-order valence-corrected chi connectivity index (χ2v) is 5.70. The van der Waals surface area contributed by atoms with Crippen molar-refractivity contribution in [3.63, 3.8) is 0 Å². The van der Waals surface area contributed by atoms with Crippen LogP contribution in [0.15, 0.2) is 73.1 Å². The average Bonchev–Trinajstić information content (AvgIpc) is 3.16. The van der Waals surface area contributed by atoms with E-state index in [4.69, 9.17) is 4.74 Å². The number of nitrogens with zero attached hydrogens (tertiary/aromatic N) is 1. The third-order valence-electron chi connectivity index (χ3n) is 3.79. The van der Waals surface area contributed by atoms with Gasteiger partial charge in [0.25, 0.3) is 0 Å². The Labute approximate surface area is 147 Å². The van der Waals surface area contributed by atoms with Crippen LogP contribution >= 0.6 is 0 Å². The van der Waals surface area contributed by atoms with Crippen molar-refractivity contribution in [2.45, 2.75) is 13.2 Å². The van der Waals surface area contributed by atoms with Crippen LogP contribution in [0.2, 0.25) is 0 Å². The maximum atomic E-state index is 12.1. The SMILES string of the molecule is COCc1ccc(CNC(=O)Nc2cccc(-n3cccc3)c2)cc1. The van der Waals surface area contributed by atoms with Crippen LogP contribution in [0.25, 0.3) is 5.69 Å². The molecule has 5 heteroatoms. The van der Waals surface area contributed by atoms with Crippen LogP contribution in [-0.2, 0) is 17.9 Å². The molecule has 0 atom stereocenters. The van der Waals surface area contributed by atoms with E-state index in [0.29, 0.717) is 13.2 Å². The topological polar surface area (TPSA) is 55.3 Å². The van der Waals surface area contributed by atoms with Gasteiger partial charge in [-0.05, 0) is 41.5 Å². The monoisotopic (exact) mass is 335 g/mol. The van der Waals surface area contributed by atoms with Gasteiger partial charge in [0.15, 0.2) is 0 Å². The van der Waals surface area contributed by atoms with Gasteiger partial charge in [0.05, 0.1) is 6.61 Å². The molecule has 2 amide bonds. The summed E-state index contributed by atoms with van der Waals surface area (Å²) in [6, 6.07) is 19.4. The number of hydrogen-bond donors (Lipinski definition) is 2. The number of benzene rings is 2. The van der Waals surface area contributed by atoms with Gasteiger partial charge in [-0.25, -0.2) is 4.79 Å². The van der Waals surface area contributed by atoms with Gasteiger partial charge < -0.3 is 19.9 Å². The second kappa shape index (κ2) is 8.17. The maximum absolute atomic E-state index is 12.1. The number of hydrogen-bond acceptors (Lipinski definition) is 2. The quantitative estimate of drug-likeness (QED) is 0.717. The fourth-order valence-corrected chi connectivity index (χ4v) is 2.53. The van der Waals surface area contributed by atoms with E-state index in [1.807, 2.05) is 77.6 Å². The lowest BCUT2D eigenvalue weighted by Crippen LogP contribution is -2.28. The van der Waals surface area contributed by atoms with Gasteiger partial charge in [0.2, 0.25) is 0 Å². The Morgan fingerprint density at radius 2 is 1.72 bits per heavy atom. The number of nitrogens with one attached hydrogen (secondary N) is 2. The number of anilines is 1. The lowest BCUT2D eigenvalue weighted by Gasteiger charge is -2.10. The van der Waals surface area contributed by atoms with E-state index in [1.54, 1.807) is 7.11 Å². The zero-order valence-electron chi connectivity index (χ0n) is 14.1. The summed E-state index contributed by atoms with van der Waals surface area (Å²) in [6.07, 6.45) is 3.93. The predicted molar refractivity (Wildman–Crippen MR) is 98.8 cm³/mol. The number of aromatic nitrogens is 1. The standard InChI is InChI=1S/C20H21N3O2/c1-25-15-17-9-7-16(8-10-17)14-21-20(24)22-18-5-4-6-19(13-18)23-11-2-3-12-23/h2-13H,14-15H2,1H3,(H2,21,22,24).